The Balaban J connectivity index is 2.03. The molecule has 18 heavy (non-hydrogen) atoms. The second-order valence-electron chi connectivity index (χ2n) is 4.15. The summed E-state index contributed by atoms with van der Waals surface area (Å²) >= 11 is 1.68. The molecule has 1 unspecified atom stereocenters. The van der Waals surface area contributed by atoms with Gasteiger partial charge in [0.25, 0.3) is 0 Å². The van der Waals surface area contributed by atoms with Gasteiger partial charge in [0.2, 0.25) is 0 Å². The van der Waals surface area contributed by atoms with E-state index in [0.29, 0.717) is 6.04 Å². The summed E-state index contributed by atoms with van der Waals surface area (Å²) in [5.74, 6) is 0. The van der Waals surface area contributed by atoms with Crippen LogP contribution in [0.2, 0.25) is 0 Å². The predicted octanol–water partition coefficient (Wildman–Crippen LogP) is 2.64. The van der Waals surface area contributed by atoms with Crippen LogP contribution in [0.15, 0.2) is 40.5 Å². The first-order chi connectivity index (χ1) is 8.69. The SMILES string of the molecule is CCNC(C)c1ccc(Sc2cnn(C)c2)cn1. The molecule has 1 atom stereocenters. The van der Waals surface area contributed by atoms with E-state index in [0.717, 1.165) is 22.0 Å². The largest absolute Gasteiger partial charge is 0.309 e. The fourth-order valence-electron chi connectivity index (χ4n) is 1.71. The van der Waals surface area contributed by atoms with E-state index in [1.54, 1.807) is 16.4 Å². The van der Waals surface area contributed by atoms with Crippen LogP contribution in [0.4, 0.5) is 0 Å². The van der Waals surface area contributed by atoms with Gasteiger partial charge >= 0.3 is 0 Å². The predicted molar refractivity (Wildman–Crippen MR) is 73.7 cm³/mol. The Labute approximate surface area is 112 Å². The van der Waals surface area contributed by atoms with Gasteiger partial charge in [-0.1, -0.05) is 18.7 Å². The van der Waals surface area contributed by atoms with E-state index in [4.69, 9.17) is 0 Å². The van der Waals surface area contributed by atoms with Gasteiger partial charge in [-0.15, -0.1) is 0 Å². The zero-order valence-electron chi connectivity index (χ0n) is 10.9. The summed E-state index contributed by atoms with van der Waals surface area (Å²) in [6.07, 6.45) is 5.78. The molecule has 2 aromatic rings. The van der Waals surface area contributed by atoms with Crippen molar-refractivity contribution in [2.24, 2.45) is 7.05 Å². The summed E-state index contributed by atoms with van der Waals surface area (Å²) in [7, 11) is 1.92. The molecule has 1 N–H and O–H groups in total. The van der Waals surface area contributed by atoms with Crippen molar-refractivity contribution >= 4 is 11.8 Å². The highest BCUT2D eigenvalue weighted by molar-refractivity contribution is 7.99. The van der Waals surface area contributed by atoms with Crippen molar-refractivity contribution in [1.29, 1.82) is 0 Å². The van der Waals surface area contributed by atoms with Crippen LogP contribution in [-0.2, 0) is 7.05 Å². The normalized spacial score (nSPS) is 12.6. The van der Waals surface area contributed by atoms with E-state index < -0.39 is 0 Å². The van der Waals surface area contributed by atoms with Crippen LogP contribution in [0.3, 0.4) is 0 Å². The molecule has 0 spiro atoms. The van der Waals surface area contributed by atoms with Crippen LogP contribution in [0.5, 0.6) is 0 Å². The molecule has 0 aliphatic carbocycles. The lowest BCUT2D eigenvalue weighted by Crippen LogP contribution is -2.18. The number of nitrogens with one attached hydrogen (secondary N) is 1. The summed E-state index contributed by atoms with van der Waals surface area (Å²) in [6.45, 7) is 5.18. The van der Waals surface area contributed by atoms with Crippen molar-refractivity contribution < 1.29 is 0 Å². The lowest BCUT2D eigenvalue weighted by Gasteiger charge is -2.11. The maximum Gasteiger partial charge on any atom is 0.0629 e. The van der Waals surface area contributed by atoms with Crippen LogP contribution in [0.1, 0.15) is 25.6 Å². The summed E-state index contributed by atoms with van der Waals surface area (Å²) < 4.78 is 1.80. The summed E-state index contributed by atoms with van der Waals surface area (Å²) in [5.41, 5.74) is 1.08. The highest BCUT2D eigenvalue weighted by atomic mass is 32.2. The third-order valence-electron chi connectivity index (χ3n) is 2.63. The van der Waals surface area contributed by atoms with Crippen molar-refractivity contribution in [1.82, 2.24) is 20.1 Å². The molecule has 0 bridgehead atoms. The summed E-state index contributed by atoms with van der Waals surface area (Å²) in [6, 6.07) is 4.48. The number of hydrogen-bond donors (Lipinski definition) is 1. The molecule has 2 rings (SSSR count). The number of hydrogen-bond acceptors (Lipinski definition) is 4. The molecule has 0 aliphatic heterocycles. The first kappa shape index (κ1) is 13.1. The molecule has 0 amide bonds. The topological polar surface area (TPSA) is 42.7 Å². The second-order valence-corrected chi connectivity index (χ2v) is 5.30. The Morgan fingerprint density at radius 2 is 2.17 bits per heavy atom. The lowest BCUT2D eigenvalue weighted by atomic mass is 10.2. The van der Waals surface area contributed by atoms with Crippen LogP contribution in [0, 0.1) is 0 Å². The maximum absolute atomic E-state index is 4.49. The van der Waals surface area contributed by atoms with Crippen molar-refractivity contribution in [3.8, 4) is 0 Å². The van der Waals surface area contributed by atoms with Crippen LogP contribution in [0.25, 0.3) is 0 Å². The minimum atomic E-state index is 0.299. The van der Waals surface area contributed by atoms with Gasteiger partial charge in [0, 0.05) is 30.4 Å². The quantitative estimate of drug-likeness (QED) is 0.899. The smallest absolute Gasteiger partial charge is 0.0629 e. The highest BCUT2D eigenvalue weighted by Crippen LogP contribution is 2.26. The number of rotatable bonds is 5. The Kier molecular flexibility index (Phi) is 4.38. The van der Waals surface area contributed by atoms with Crippen LogP contribution >= 0.6 is 11.8 Å². The van der Waals surface area contributed by atoms with Crippen LogP contribution in [-0.4, -0.2) is 21.3 Å². The molecule has 4 nitrogen and oxygen atoms in total. The molecular formula is C13H18N4S. The Bertz CT molecular complexity index is 492. The lowest BCUT2D eigenvalue weighted by molar-refractivity contribution is 0.582. The average molecular weight is 262 g/mol. The number of pyridine rings is 1. The van der Waals surface area contributed by atoms with E-state index >= 15 is 0 Å². The monoisotopic (exact) mass is 262 g/mol. The average Bonchev–Trinajstić information content (AvgIpc) is 2.76. The Hall–Kier alpha value is -1.33. The molecule has 0 aromatic carbocycles. The van der Waals surface area contributed by atoms with Gasteiger partial charge in [-0.3, -0.25) is 9.67 Å². The zero-order valence-corrected chi connectivity index (χ0v) is 11.7. The fourth-order valence-corrected chi connectivity index (χ4v) is 2.53. The fraction of sp³-hybridized carbons (Fsp3) is 0.385. The molecule has 2 aromatic heterocycles. The minimum Gasteiger partial charge on any atom is -0.309 e. The highest BCUT2D eigenvalue weighted by Gasteiger charge is 2.06. The molecule has 0 saturated carbocycles. The summed E-state index contributed by atoms with van der Waals surface area (Å²) in [5, 5.41) is 7.50. The first-order valence-electron chi connectivity index (χ1n) is 6.05. The molecule has 5 heteroatoms. The Morgan fingerprint density at radius 3 is 2.72 bits per heavy atom. The van der Waals surface area contributed by atoms with Gasteiger partial charge in [-0.25, -0.2) is 0 Å². The minimum absolute atomic E-state index is 0.299. The van der Waals surface area contributed by atoms with E-state index in [-0.39, 0.29) is 0 Å². The van der Waals surface area contributed by atoms with Gasteiger partial charge in [0.05, 0.1) is 16.8 Å². The van der Waals surface area contributed by atoms with Crippen molar-refractivity contribution in [2.45, 2.75) is 29.7 Å². The second kappa shape index (κ2) is 6.02. The molecule has 0 saturated heterocycles. The zero-order chi connectivity index (χ0) is 13.0. The van der Waals surface area contributed by atoms with E-state index in [2.05, 4.69) is 41.4 Å². The standard InChI is InChI=1S/C13H18N4S/c1-4-14-10(2)13-6-5-11(7-15-13)18-12-8-16-17(3)9-12/h5-10,14H,4H2,1-3H3. The Morgan fingerprint density at radius 1 is 1.33 bits per heavy atom. The van der Waals surface area contributed by atoms with Gasteiger partial charge in [-0.05, 0) is 25.6 Å². The maximum atomic E-state index is 4.49. The number of aromatic nitrogens is 3. The van der Waals surface area contributed by atoms with E-state index in [1.165, 1.54) is 0 Å². The molecule has 0 fully saturated rings. The van der Waals surface area contributed by atoms with E-state index in [9.17, 15) is 0 Å². The number of nitrogens with zero attached hydrogens (tertiary/aromatic N) is 3. The number of aryl methyl sites for hydroxylation is 1. The van der Waals surface area contributed by atoms with Crippen molar-refractivity contribution in [3.05, 3.63) is 36.4 Å². The first-order valence-corrected chi connectivity index (χ1v) is 6.86. The van der Waals surface area contributed by atoms with Gasteiger partial charge < -0.3 is 5.32 Å². The van der Waals surface area contributed by atoms with Gasteiger partial charge in [-0.2, -0.15) is 5.10 Å². The van der Waals surface area contributed by atoms with Crippen LogP contribution < -0.4 is 5.32 Å². The van der Waals surface area contributed by atoms with Crippen molar-refractivity contribution in [3.63, 3.8) is 0 Å². The molecular weight excluding hydrogens is 244 g/mol. The molecule has 2 heterocycles. The van der Waals surface area contributed by atoms with Gasteiger partial charge in [0.15, 0.2) is 0 Å². The third kappa shape index (κ3) is 3.34. The van der Waals surface area contributed by atoms with Gasteiger partial charge in [0.1, 0.15) is 0 Å². The molecule has 96 valence electrons. The third-order valence-corrected chi connectivity index (χ3v) is 3.55. The van der Waals surface area contributed by atoms with E-state index in [1.807, 2.05) is 25.6 Å². The molecule has 0 aliphatic rings. The van der Waals surface area contributed by atoms with Crippen molar-refractivity contribution in [2.75, 3.05) is 6.54 Å². The summed E-state index contributed by atoms with van der Waals surface area (Å²) in [4.78, 5) is 6.76. The molecule has 0 radical (unpaired) electrons.